The molecule has 146 valence electrons. The van der Waals surface area contributed by atoms with Gasteiger partial charge in [-0.3, -0.25) is 9.69 Å². The number of piperazine rings is 1. The summed E-state index contributed by atoms with van der Waals surface area (Å²) in [5.41, 5.74) is 2.57. The Kier molecular flexibility index (Phi) is 5.13. The minimum atomic E-state index is -0.222. The number of aromatic nitrogens is 1. The van der Waals surface area contributed by atoms with Crippen molar-refractivity contribution >= 4 is 28.4 Å². The number of carbonyl (C=O) groups is 1. The summed E-state index contributed by atoms with van der Waals surface area (Å²) in [6.45, 7) is 6.37. The van der Waals surface area contributed by atoms with Gasteiger partial charge in [-0.25, -0.2) is 4.39 Å². The van der Waals surface area contributed by atoms with Crippen molar-refractivity contribution in [3.63, 3.8) is 0 Å². The highest BCUT2D eigenvalue weighted by molar-refractivity contribution is 6.31. The molecule has 3 aromatic rings. The van der Waals surface area contributed by atoms with E-state index in [1.807, 2.05) is 41.3 Å². The summed E-state index contributed by atoms with van der Waals surface area (Å²) in [6.07, 6.45) is 0. The molecule has 0 bridgehead atoms. The number of nitrogens with zero attached hydrogens (tertiary/aromatic N) is 2. The zero-order chi connectivity index (χ0) is 19.8. The van der Waals surface area contributed by atoms with Gasteiger partial charge in [0, 0.05) is 47.6 Å². The van der Waals surface area contributed by atoms with Crippen molar-refractivity contribution in [1.29, 1.82) is 0 Å². The number of aromatic amines is 1. The number of H-pyrrole nitrogens is 1. The highest BCUT2D eigenvalue weighted by Crippen LogP contribution is 2.24. The summed E-state index contributed by atoms with van der Waals surface area (Å²) in [7, 11) is 0. The molecule has 2 heterocycles. The molecule has 4 nitrogen and oxygen atoms in total. The SMILES string of the molecule is C[C@@H]1CN(Cc2ccc(F)cc2)[C@@H](C)CN1C(=O)c1cc2cc(Cl)ccc2[nH]1. The van der Waals surface area contributed by atoms with Crippen LogP contribution in [0.15, 0.2) is 48.5 Å². The fourth-order valence-electron chi connectivity index (χ4n) is 3.90. The van der Waals surface area contributed by atoms with Gasteiger partial charge in [-0.05, 0) is 55.8 Å². The number of fused-ring (bicyclic) bond motifs is 1. The van der Waals surface area contributed by atoms with Crippen LogP contribution in [-0.2, 0) is 6.54 Å². The number of amides is 1. The molecule has 1 fully saturated rings. The van der Waals surface area contributed by atoms with Crippen LogP contribution in [0.1, 0.15) is 29.9 Å². The maximum Gasteiger partial charge on any atom is 0.270 e. The van der Waals surface area contributed by atoms with E-state index in [0.29, 0.717) is 17.3 Å². The number of carbonyl (C=O) groups excluding carboxylic acids is 1. The Hall–Kier alpha value is -2.37. The lowest BCUT2D eigenvalue weighted by molar-refractivity contribution is 0.0287. The van der Waals surface area contributed by atoms with Gasteiger partial charge in [0.05, 0.1) is 0 Å². The molecule has 6 heteroatoms. The van der Waals surface area contributed by atoms with Gasteiger partial charge in [0.2, 0.25) is 0 Å². The second-order valence-electron chi connectivity index (χ2n) is 7.63. The van der Waals surface area contributed by atoms with Crippen molar-refractivity contribution in [2.45, 2.75) is 32.5 Å². The molecule has 0 radical (unpaired) electrons. The largest absolute Gasteiger partial charge is 0.351 e. The maximum absolute atomic E-state index is 13.1. The monoisotopic (exact) mass is 399 g/mol. The van der Waals surface area contributed by atoms with E-state index in [0.717, 1.165) is 29.6 Å². The fourth-order valence-corrected chi connectivity index (χ4v) is 4.08. The molecule has 0 unspecified atom stereocenters. The second kappa shape index (κ2) is 7.57. The van der Waals surface area contributed by atoms with Crippen LogP contribution in [0.5, 0.6) is 0 Å². The van der Waals surface area contributed by atoms with E-state index >= 15 is 0 Å². The van der Waals surface area contributed by atoms with Crippen molar-refractivity contribution in [2.24, 2.45) is 0 Å². The molecule has 28 heavy (non-hydrogen) atoms. The van der Waals surface area contributed by atoms with Crippen LogP contribution in [0.3, 0.4) is 0 Å². The van der Waals surface area contributed by atoms with Crippen LogP contribution in [-0.4, -0.2) is 45.9 Å². The van der Waals surface area contributed by atoms with Crippen LogP contribution in [0.25, 0.3) is 10.9 Å². The van der Waals surface area contributed by atoms with Gasteiger partial charge in [0.25, 0.3) is 5.91 Å². The van der Waals surface area contributed by atoms with E-state index in [-0.39, 0.29) is 23.8 Å². The molecule has 1 aliphatic rings. The molecule has 1 aromatic heterocycles. The first-order chi connectivity index (χ1) is 13.4. The quantitative estimate of drug-likeness (QED) is 0.693. The third-order valence-electron chi connectivity index (χ3n) is 5.49. The minimum Gasteiger partial charge on any atom is -0.351 e. The summed E-state index contributed by atoms with van der Waals surface area (Å²) in [5.74, 6) is -0.215. The Morgan fingerprint density at radius 1 is 1.11 bits per heavy atom. The minimum absolute atomic E-state index is 0.00750. The van der Waals surface area contributed by atoms with Gasteiger partial charge in [0.15, 0.2) is 0 Å². The van der Waals surface area contributed by atoms with Crippen LogP contribution >= 0.6 is 11.6 Å². The number of hydrogen-bond donors (Lipinski definition) is 1. The van der Waals surface area contributed by atoms with Crippen molar-refractivity contribution in [2.75, 3.05) is 13.1 Å². The van der Waals surface area contributed by atoms with Gasteiger partial charge >= 0.3 is 0 Å². The number of halogens is 2. The molecule has 1 N–H and O–H groups in total. The molecule has 0 saturated carbocycles. The lowest BCUT2D eigenvalue weighted by atomic mass is 10.1. The Morgan fingerprint density at radius 3 is 2.61 bits per heavy atom. The van der Waals surface area contributed by atoms with E-state index in [2.05, 4.69) is 23.7 Å². The first-order valence-electron chi connectivity index (χ1n) is 9.48. The number of benzene rings is 2. The molecule has 1 aliphatic heterocycles. The summed E-state index contributed by atoms with van der Waals surface area (Å²) >= 11 is 6.05. The Bertz CT molecular complexity index is 1000. The maximum atomic E-state index is 13.1. The normalized spacial score (nSPS) is 20.6. The molecule has 1 saturated heterocycles. The highest BCUT2D eigenvalue weighted by Gasteiger charge is 2.33. The van der Waals surface area contributed by atoms with Gasteiger partial charge in [0.1, 0.15) is 11.5 Å². The molecule has 1 amide bonds. The predicted molar refractivity (Wildman–Crippen MR) is 110 cm³/mol. The first kappa shape index (κ1) is 19.0. The summed E-state index contributed by atoms with van der Waals surface area (Å²) in [5, 5.41) is 1.59. The molecule has 0 aliphatic carbocycles. The van der Waals surface area contributed by atoms with Gasteiger partial charge in [-0.15, -0.1) is 0 Å². The Balaban J connectivity index is 1.48. The third kappa shape index (κ3) is 3.77. The average molecular weight is 400 g/mol. The van der Waals surface area contributed by atoms with E-state index in [1.54, 1.807) is 0 Å². The highest BCUT2D eigenvalue weighted by atomic mass is 35.5. The molecule has 2 aromatic carbocycles. The Labute approximate surface area is 168 Å². The smallest absolute Gasteiger partial charge is 0.270 e. The van der Waals surface area contributed by atoms with Crippen molar-refractivity contribution < 1.29 is 9.18 Å². The van der Waals surface area contributed by atoms with Crippen molar-refractivity contribution in [3.05, 3.63) is 70.6 Å². The summed E-state index contributed by atoms with van der Waals surface area (Å²) in [6, 6.07) is 14.3. The van der Waals surface area contributed by atoms with Crippen molar-refractivity contribution in [3.8, 4) is 0 Å². The second-order valence-corrected chi connectivity index (χ2v) is 8.06. The average Bonchev–Trinajstić information content (AvgIpc) is 3.09. The summed E-state index contributed by atoms with van der Waals surface area (Å²) < 4.78 is 13.1. The van der Waals surface area contributed by atoms with Crippen LogP contribution in [0.4, 0.5) is 4.39 Å². The van der Waals surface area contributed by atoms with Crippen LogP contribution in [0.2, 0.25) is 5.02 Å². The number of rotatable bonds is 3. The van der Waals surface area contributed by atoms with Crippen LogP contribution < -0.4 is 0 Å². The van der Waals surface area contributed by atoms with E-state index in [4.69, 9.17) is 11.6 Å². The molecule has 2 atom stereocenters. The molecular formula is C22H23ClFN3O. The summed E-state index contributed by atoms with van der Waals surface area (Å²) in [4.78, 5) is 20.6. The molecular weight excluding hydrogens is 377 g/mol. The standard InChI is InChI=1S/C22H23ClFN3O/c1-14-12-27(15(2)11-26(14)13-16-3-6-19(24)7-4-16)22(28)21-10-17-9-18(23)5-8-20(17)25-21/h3-10,14-15,25H,11-13H2,1-2H3/t14-,15+/m0/s1. The predicted octanol–water partition coefficient (Wildman–Crippen LogP) is 4.70. The van der Waals surface area contributed by atoms with Gasteiger partial charge in [-0.1, -0.05) is 23.7 Å². The van der Waals surface area contributed by atoms with Gasteiger partial charge < -0.3 is 9.88 Å². The zero-order valence-electron chi connectivity index (χ0n) is 16.0. The van der Waals surface area contributed by atoms with E-state index in [1.165, 1.54) is 12.1 Å². The van der Waals surface area contributed by atoms with Crippen LogP contribution in [0, 0.1) is 5.82 Å². The molecule has 4 rings (SSSR count). The number of nitrogens with one attached hydrogen (secondary N) is 1. The first-order valence-corrected chi connectivity index (χ1v) is 9.86. The lowest BCUT2D eigenvalue weighted by Gasteiger charge is -2.44. The Morgan fingerprint density at radius 2 is 1.86 bits per heavy atom. The number of hydrogen-bond acceptors (Lipinski definition) is 2. The van der Waals surface area contributed by atoms with E-state index < -0.39 is 0 Å². The fraction of sp³-hybridized carbons (Fsp3) is 0.318. The van der Waals surface area contributed by atoms with Crippen molar-refractivity contribution in [1.82, 2.24) is 14.8 Å². The lowest BCUT2D eigenvalue weighted by Crippen LogP contribution is -2.57. The topological polar surface area (TPSA) is 39.3 Å². The third-order valence-corrected chi connectivity index (χ3v) is 5.72. The zero-order valence-corrected chi connectivity index (χ0v) is 16.7. The van der Waals surface area contributed by atoms with Gasteiger partial charge in [-0.2, -0.15) is 0 Å². The van der Waals surface area contributed by atoms with E-state index in [9.17, 15) is 9.18 Å². The molecule has 0 spiro atoms.